The third-order valence-electron chi connectivity index (χ3n) is 5.65. The summed E-state index contributed by atoms with van der Waals surface area (Å²) in [5.74, 6) is 1.98. The number of para-hydroxylation sites is 1. The average Bonchev–Trinajstić information content (AvgIpc) is 3.26. The second-order valence-electron chi connectivity index (χ2n) is 7.99. The Hall–Kier alpha value is -3.19. The Labute approximate surface area is 182 Å². The van der Waals surface area contributed by atoms with Gasteiger partial charge in [0, 0.05) is 24.2 Å². The van der Waals surface area contributed by atoms with Gasteiger partial charge in [0.25, 0.3) is 5.89 Å². The molecule has 1 aliphatic heterocycles. The molecule has 0 aliphatic carbocycles. The summed E-state index contributed by atoms with van der Waals surface area (Å²) >= 11 is 0. The summed E-state index contributed by atoms with van der Waals surface area (Å²) in [5.41, 5.74) is 3.07. The van der Waals surface area contributed by atoms with Gasteiger partial charge in [-0.15, -0.1) is 0 Å². The molecule has 2 aromatic carbocycles. The molecule has 2 heterocycles. The molecule has 7 nitrogen and oxygen atoms in total. The maximum atomic E-state index is 12.8. The van der Waals surface area contributed by atoms with Crippen molar-refractivity contribution in [2.45, 2.75) is 32.9 Å². The van der Waals surface area contributed by atoms with Crippen LogP contribution in [-0.4, -0.2) is 41.1 Å². The lowest BCUT2D eigenvalue weighted by Crippen LogP contribution is -2.42. The lowest BCUT2D eigenvalue weighted by atomic mass is 9.97. The molecule has 162 valence electrons. The number of nitrogens with one attached hydrogen (secondary N) is 1. The number of hydrogen-bond donors (Lipinski definition) is 1. The van der Waals surface area contributed by atoms with Crippen molar-refractivity contribution in [1.82, 2.24) is 20.4 Å². The number of methoxy groups -OCH3 is 1. The first kappa shape index (κ1) is 21.1. The van der Waals surface area contributed by atoms with Crippen LogP contribution in [-0.2, 0) is 17.9 Å². The first-order valence-corrected chi connectivity index (χ1v) is 10.6. The predicted octanol–water partition coefficient (Wildman–Crippen LogP) is 3.58. The molecule has 1 fully saturated rings. The van der Waals surface area contributed by atoms with Crippen molar-refractivity contribution in [2.75, 3.05) is 20.2 Å². The molecular weight excluding hydrogens is 392 g/mol. The first-order valence-electron chi connectivity index (χ1n) is 10.6. The molecular formula is C24H28N4O3. The fourth-order valence-electron chi connectivity index (χ4n) is 3.92. The van der Waals surface area contributed by atoms with Crippen LogP contribution in [0.25, 0.3) is 11.5 Å². The topological polar surface area (TPSA) is 80.5 Å². The van der Waals surface area contributed by atoms with Gasteiger partial charge in [0.2, 0.25) is 5.91 Å². The molecule has 1 N–H and O–H groups in total. The van der Waals surface area contributed by atoms with E-state index in [0.29, 0.717) is 31.3 Å². The number of likely N-dealkylation sites (tertiary alicyclic amines) is 1. The molecule has 1 saturated heterocycles. The third-order valence-corrected chi connectivity index (χ3v) is 5.65. The molecule has 1 amide bonds. The van der Waals surface area contributed by atoms with E-state index in [2.05, 4.69) is 20.4 Å². The summed E-state index contributed by atoms with van der Waals surface area (Å²) < 4.78 is 10.8. The molecule has 0 saturated carbocycles. The van der Waals surface area contributed by atoms with Crippen molar-refractivity contribution in [3.05, 3.63) is 65.5 Å². The van der Waals surface area contributed by atoms with Crippen LogP contribution in [0.1, 0.15) is 29.8 Å². The lowest BCUT2D eigenvalue weighted by Gasteiger charge is -2.31. The quantitative estimate of drug-likeness (QED) is 0.629. The van der Waals surface area contributed by atoms with Gasteiger partial charge in [0.1, 0.15) is 5.75 Å². The highest BCUT2D eigenvalue weighted by Gasteiger charge is 2.26. The highest BCUT2D eigenvalue weighted by atomic mass is 16.5. The van der Waals surface area contributed by atoms with E-state index in [-0.39, 0.29) is 11.8 Å². The summed E-state index contributed by atoms with van der Waals surface area (Å²) in [5, 5.41) is 7.19. The van der Waals surface area contributed by atoms with Gasteiger partial charge in [-0.1, -0.05) is 41.1 Å². The van der Waals surface area contributed by atoms with Crippen molar-refractivity contribution >= 4 is 5.91 Å². The number of aryl methyl sites for hydroxylation is 1. The van der Waals surface area contributed by atoms with Crippen LogP contribution in [0, 0.1) is 12.8 Å². The molecule has 1 atom stereocenters. The molecule has 1 aromatic heterocycles. The number of amides is 1. The fourth-order valence-corrected chi connectivity index (χ4v) is 3.92. The number of benzene rings is 2. The monoisotopic (exact) mass is 420 g/mol. The number of ether oxygens (including phenoxy) is 1. The van der Waals surface area contributed by atoms with Crippen molar-refractivity contribution in [2.24, 2.45) is 5.92 Å². The molecule has 0 spiro atoms. The maximum absolute atomic E-state index is 12.8. The number of carbonyl (C=O) groups excluding carboxylic acids is 1. The molecule has 4 rings (SSSR count). The number of carbonyl (C=O) groups is 1. The zero-order valence-corrected chi connectivity index (χ0v) is 18.0. The van der Waals surface area contributed by atoms with Crippen LogP contribution in [0.3, 0.4) is 0 Å². The van der Waals surface area contributed by atoms with E-state index in [1.807, 2.05) is 55.5 Å². The van der Waals surface area contributed by atoms with Gasteiger partial charge in [-0.3, -0.25) is 9.69 Å². The fraction of sp³-hybridized carbons (Fsp3) is 0.375. The first-order chi connectivity index (χ1) is 15.1. The summed E-state index contributed by atoms with van der Waals surface area (Å²) in [4.78, 5) is 19.5. The van der Waals surface area contributed by atoms with Crippen molar-refractivity contribution in [1.29, 1.82) is 0 Å². The van der Waals surface area contributed by atoms with Crippen LogP contribution >= 0.6 is 0 Å². The van der Waals surface area contributed by atoms with Gasteiger partial charge in [-0.2, -0.15) is 4.98 Å². The van der Waals surface area contributed by atoms with Gasteiger partial charge in [0.05, 0.1) is 19.6 Å². The largest absolute Gasteiger partial charge is 0.496 e. The van der Waals surface area contributed by atoms with Crippen LogP contribution in [0.5, 0.6) is 5.75 Å². The zero-order chi connectivity index (χ0) is 21.6. The van der Waals surface area contributed by atoms with Gasteiger partial charge in [-0.25, -0.2) is 0 Å². The Kier molecular flexibility index (Phi) is 6.62. The van der Waals surface area contributed by atoms with E-state index in [1.54, 1.807) is 7.11 Å². The second kappa shape index (κ2) is 9.75. The molecule has 1 aliphatic rings. The highest BCUT2D eigenvalue weighted by Crippen LogP contribution is 2.22. The third kappa shape index (κ3) is 5.30. The normalized spacial score (nSPS) is 16.8. The predicted molar refractivity (Wildman–Crippen MR) is 117 cm³/mol. The van der Waals surface area contributed by atoms with Crippen molar-refractivity contribution in [3.8, 4) is 17.2 Å². The van der Waals surface area contributed by atoms with Crippen LogP contribution in [0.15, 0.2) is 53.1 Å². The van der Waals surface area contributed by atoms with E-state index in [4.69, 9.17) is 9.26 Å². The average molecular weight is 421 g/mol. The maximum Gasteiger partial charge on any atom is 0.257 e. The number of hydrogen-bond acceptors (Lipinski definition) is 6. The van der Waals surface area contributed by atoms with E-state index in [0.717, 1.165) is 36.3 Å². The Balaban J connectivity index is 1.32. The van der Waals surface area contributed by atoms with Crippen LogP contribution in [0.2, 0.25) is 0 Å². The van der Waals surface area contributed by atoms with Gasteiger partial charge in [-0.05, 0) is 44.5 Å². The Morgan fingerprint density at radius 3 is 2.84 bits per heavy atom. The zero-order valence-electron chi connectivity index (χ0n) is 18.0. The van der Waals surface area contributed by atoms with E-state index >= 15 is 0 Å². The van der Waals surface area contributed by atoms with Crippen LogP contribution < -0.4 is 10.1 Å². The Morgan fingerprint density at radius 1 is 1.23 bits per heavy atom. The van der Waals surface area contributed by atoms with Gasteiger partial charge >= 0.3 is 0 Å². The molecule has 0 bridgehead atoms. The molecule has 7 heteroatoms. The summed E-state index contributed by atoms with van der Waals surface area (Å²) in [6.07, 6.45) is 1.85. The standard InChI is InChI=1S/C24H28N4O3/c1-17-9-11-18(12-10-17)24-26-22(27-31-24)16-28-13-5-7-20(15-28)23(29)25-14-19-6-3-4-8-21(19)30-2/h3-4,6,8-12,20H,5,7,13-16H2,1-2H3,(H,25,29)/t20-/m1/s1. The molecule has 0 unspecified atom stereocenters. The molecule has 3 aromatic rings. The summed E-state index contributed by atoms with van der Waals surface area (Å²) in [6, 6.07) is 15.8. The Bertz CT molecular complexity index is 1020. The van der Waals surface area contributed by atoms with Crippen LogP contribution in [0.4, 0.5) is 0 Å². The molecule has 31 heavy (non-hydrogen) atoms. The highest BCUT2D eigenvalue weighted by molar-refractivity contribution is 5.79. The van der Waals surface area contributed by atoms with Gasteiger partial charge < -0.3 is 14.6 Å². The van der Waals surface area contributed by atoms with Crippen molar-refractivity contribution in [3.63, 3.8) is 0 Å². The van der Waals surface area contributed by atoms with Gasteiger partial charge in [0.15, 0.2) is 5.82 Å². The summed E-state index contributed by atoms with van der Waals surface area (Å²) in [6.45, 7) is 4.69. The minimum atomic E-state index is -0.0491. The Morgan fingerprint density at radius 2 is 2.03 bits per heavy atom. The SMILES string of the molecule is COc1ccccc1CNC(=O)[C@@H]1CCCN(Cc2noc(-c3ccc(C)cc3)n2)C1. The minimum absolute atomic E-state index is 0.0491. The number of piperidine rings is 1. The van der Waals surface area contributed by atoms with E-state index < -0.39 is 0 Å². The van der Waals surface area contributed by atoms with E-state index in [9.17, 15) is 4.79 Å². The second-order valence-corrected chi connectivity index (χ2v) is 7.99. The summed E-state index contributed by atoms with van der Waals surface area (Å²) in [7, 11) is 1.64. The van der Waals surface area contributed by atoms with Crippen molar-refractivity contribution < 1.29 is 14.1 Å². The number of nitrogens with zero attached hydrogens (tertiary/aromatic N) is 3. The van der Waals surface area contributed by atoms with E-state index in [1.165, 1.54) is 5.56 Å². The smallest absolute Gasteiger partial charge is 0.257 e. The minimum Gasteiger partial charge on any atom is -0.496 e. The molecule has 0 radical (unpaired) electrons. The number of rotatable bonds is 7. The lowest BCUT2D eigenvalue weighted by molar-refractivity contribution is -0.127. The number of aromatic nitrogens is 2.